The van der Waals surface area contributed by atoms with E-state index in [4.69, 9.17) is 16.3 Å². The second-order valence-electron chi connectivity index (χ2n) is 7.37. The van der Waals surface area contributed by atoms with E-state index in [9.17, 15) is 9.59 Å². The second-order valence-corrected chi connectivity index (χ2v) is 8.77. The summed E-state index contributed by atoms with van der Waals surface area (Å²) in [6.07, 6.45) is 0. The van der Waals surface area contributed by atoms with E-state index >= 15 is 0 Å². The van der Waals surface area contributed by atoms with Crippen molar-refractivity contribution in [1.29, 1.82) is 0 Å². The van der Waals surface area contributed by atoms with Crippen LogP contribution in [-0.2, 0) is 6.61 Å². The summed E-state index contributed by atoms with van der Waals surface area (Å²) in [5, 5.41) is 3.55. The molecule has 31 heavy (non-hydrogen) atoms. The Kier molecular flexibility index (Phi) is 6.11. The van der Waals surface area contributed by atoms with Gasteiger partial charge in [-0.1, -0.05) is 41.1 Å². The van der Waals surface area contributed by atoms with Crippen molar-refractivity contribution in [1.82, 2.24) is 4.57 Å². The van der Waals surface area contributed by atoms with Gasteiger partial charge in [0.05, 0.1) is 10.2 Å². The average Bonchev–Trinajstić information content (AvgIpc) is 3.08. The minimum Gasteiger partial charge on any atom is -0.489 e. The molecule has 1 N–H and O–H groups in total. The molecule has 7 heteroatoms. The van der Waals surface area contributed by atoms with Crippen LogP contribution < -0.4 is 14.9 Å². The van der Waals surface area contributed by atoms with Crippen molar-refractivity contribution in [3.05, 3.63) is 92.5 Å². The molecule has 0 spiro atoms. The molecule has 3 aromatic carbocycles. The number of nitrogens with zero attached hydrogens (tertiary/aromatic N) is 1. The Morgan fingerprint density at radius 2 is 1.84 bits per heavy atom. The first kappa shape index (κ1) is 21.2. The summed E-state index contributed by atoms with van der Waals surface area (Å²) in [7, 11) is 0. The van der Waals surface area contributed by atoms with Gasteiger partial charge in [-0.15, -0.1) is 0 Å². The second kappa shape index (κ2) is 8.96. The highest BCUT2D eigenvalue weighted by molar-refractivity contribution is 7.16. The third-order valence-electron chi connectivity index (χ3n) is 4.86. The van der Waals surface area contributed by atoms with Gasteiger partial charge in [0.25, 0.3) is 5.91 Å². The average molecular weight is 453 g/mol. The van der Waals surface area contributed by atoms with E-state index in [1.165, 1.54) is 11.3 Å². The molecule has 0 unspecified atom stereocenters. The standard InChI is InChI=1S/C24H21ClN2O3S/c1-15(2)27-21-12-9-18(13-22(21)31-24(27)29)26-23(28)16-7-10-19(11-8-16)30-14-17-5-3-4-6-20(17)25/h3-13,15H,14H2,1-2H3,(H,26,28). The molecule has 4 rings (SSSR count). The van der Waals surface area contributed by atoms with Gasteiger partial charge in [-0.2, -0.15) is 0 Å². The van der Waals surface area contributed by atoms with Crippen LogP contribution in [0.4, 0.5) is 5.69 Å². The van der Waals surface area contributed by atoms with Crippen LogP contribution in [0.3, 0.4) is 0 Å². The van der Waals surface area contributed by atoms with E-state index < -0.39 is 0 Å². The fraction of sp³-hybridized carbons (Fsp3) is 0.167. The fourth-order valence-electron chi connectivity index (χ4n) is 3.29. The maximum absolute atomic E-state index is 12.6. The van der Waals surface area contributed by atoms with Crippen molar-refractivity contribution in [2.45, 2.75) is 26.5 Å². The Balaban J connectivity index is 1.44. The quantitative estimate of drug-likeness (QED) is 0.383. The van der Waals surface area contributed by atoms with Crippen molar-refractivity contribution in [2.24, 2.45) is 0 Å². The first-order valence-corrected chi connectivity index (χ1v) is 11.0. The maximum atomic E-state index is 12.6. The Morgan fingerprint density at radius 1 is 1.10 bits per heavy atom. The van der Waals surface area contributed by atoms with Gasteiger partial charge in [0.1, 0.15) is 12.4 Å². The smallest absolute Gasteiger partial charge is 0.308 e. The largest absolute Gasteiger partial charge is 0.489 e. The third kappa shape index (κ3) is 4.65. The predicted molar refractivity (Wildman–Crippen MR) is 127 cm³/mol. The van der Waals surface area contributed by atoms with E-state index in [1.54, 1.807) is 28.8 Å². The van der Waals surface area contributed by atoms with Gasteiger partial charge in [0.2, 0.25) is 0 Å². The molecule has 1 heterocycles. The molecule has 1 amide bonds. The van der Waals surface area contributed by atoms with Crippen molar-refractivity contribution in [3.63, 3.8) is 0 Å². The lowest BCUT2D eigenvalue weighted by Crippen LogP contribution is -2.14. The minimum atomic E-state index is -0.229. The predicted octanol–water partition coefficient (Wildman–Crippen LogP) is 6.13. The number of carbonyl (C=O) groups excluding carboxylic acids is 1. The Labute approximate surface area is 188 Å². The fourth-order valence-corrected chi connectivity index (χ4v) is 4.53. The summed E-state index contributed by atoms with van der Waals surface area (Å²) in [6.45, 7) is 4.31. The van der Waals surface area contributed by atoms with E-state index in [-0.39, 0.29) is 16.8 Å². The molecule has 0 aliphatic rings. The molecule has 4 aromatic rings. The van der Waals surface area contributed by atoms with E-state index in [1.807, 2.05) is 56.3 Å². The van der Waals surface area contributed by atoms with Crippen LogP contribution in [0, 0.1) is 0 Å². The van der Waals surface area contributed by atoms with E-state index in [2.05, 4.69) is 5.32 Å². The number of hydrogen-bond donors (Lipinski definition) is 1. The maximum Gasteiger partial charge on any atom is 0.308 e. The van der Waals surface area contributed by atoms with Crippen LogP contribution in [0.25, 0.3) is 10.2 Å². The van der Waals surface area contributed by atoms with Gasteiger partial charge in [0.15, 0.2) is 0 Å². The molecule has 0 aliphatic carbocycles. The number of ether oxygens (including phenoxy) is 1. The molecule has 0 saturated heterocycles. The molecule has 0 bridgehead atoms. The van der Waals surface area contributed by atoms with E-state index in [0.29, 0.717) is 28.6 Å². The zero-order valence-electron chi connectivity index (χ0n) is 17.1. The molecule has 0 radical (unpaired) electrons. The van der Waals surface area contributed by atoms with Crippen molar-refractivity contribution in [2.75, 3.05) is 5.32 Å². The third-order valence-corrected chi connectivity index (χ3v) is 6.14. The number of amides is 1. The zero-order chi connectivity index (χ0) is 22.0. The van der Waals surface area contributed by atoms with Crippen LogP contribution in [0.1, 0.15) is 35.8 Å². The number of hydrogen-bond acceptors (Lipinski definition) is 4. The zero-order valence-corrected chi connectivity index (χ0v) is 18.7. The number of anilines is 1. The van der Waals surface area contributed by atoms with Gasteiger partial charge in [-0.3, -0.25) is 14.2 Å². The lowest BCUT2D eigenvalue weighted by molar-refractivity contribution is 0.102. The molecule has 0 saturated carbocycles. The molecule has 0 atom stereocenters. The van der Waals surface area contributed by atoms with Crippen LogP contribution in [0.2, 0.25) is 5.02 Å². The van der Waals surface area contributed by atoms with Crippen molar-refractivity contribution >= 4 is 44.7 Å². The number of nitrogens with one attached hydrogen (secondary N) is 1. The monoisotopic (exact) mass is 452 g/mol. The van der Waals surface area contributed by atoms with Gasteiger partial charge in [-0.05, 0) is 62.4 Å². The highest BCUT2D eigenvalue weighted by Gasteiger charge is 2.12. The van der Waals surface area contributed by atoms with Crippen LogP contribution in [0.5, 0.6) is 5.75 Å². The van der Waals surface area contributed by atoms with Gasteiger partial charge in [-0.25, -0.2) is 0 Å². The highest BCUT2D eigenvalue weighted by atomic mass is 35.5. The Hall–Kier alpha value is -3.09. The number of aromatic nitrogens is 1. The molecule has 0 fully saturated rings. The summed E-state index contributed by atoms with van der Waals surface area (Å²) in [6, 6.07) is 20.0. The number of rotatable bonds is 6. The SMILES string of the molecule is CC(C)n1c(=O)sc2cc(NC(=O)c3ccc(OCc4ccccc4Cl)cc3)ccc21. The van der Waals surface area contributed by atoms with Gasteiger partial charge < -0.3 is 10.1 Å². The van der Waals surface area contributed by atoms with Crippen LogP contribution in [0.15, 0.2) is 71.5 Å². The summed E-state index contributed by atoms with van der Waals surface area (Å²) >= 11 is 7.33. The van der Waals surface area contributed by atoms with Crippen LogP contribution in [-0.4, -0.2) is 10.5 Å². The van der Waals surface area contributed by atoms with Gasteiger partial charge >= 0.3 is 4.87 Å². The Bertz CT molecular complexity index is 1290. The van der Waals surface area contributed by atoms with E-state index in [0.717, 1.165) is 15.8 Å². The minimum absolute atomic E-state index is 0.000792. The summed E-state index contributed by atoms with van der Waals surface area (Å²) < 4.78 is 8.36. The first-order valence-electron chi connectivity index (χ1n) is 9.85. The van der Waals surface area contributed by atoms with Crippen LogP contribution >= 0.6 is 22.9 Å². The summed E-state index contributed by atoms with van der Waals surface area (Å²) in [4.78, 5) is 24.8. The highest BCUT2D eigenvalue weighted by Crippen LogP contribution is 2.25. The Morgan fingerprint density at radius 3 is 2.55 bits per heavy atom. The normalized spacial score (nSPS) is 11.1. The number of thiazole rings is 1. The molecule has 0 aliphatic heterocycles. The van der Waals surface area contributed by atoms with Gasteiger partial charge in [0, 0.05) is 27.9 Å². The summed E-state index contributed by atoms with van der Waals surface area (Å²) in [5.41, 5.74) is 2.94. The molecular formula is C24H21ClN2O3S. The molecular weight excluding hydrogens is 432 g/mol. The lowest BCUT2D eigenvalue weighted by Gasteiger charge is -2.10. The van der Waals surface area contributed by atoms with Crippen molar-refractivity contribution < 1.29 is 9.53 Å². The topological polar surface area (TPSA) is 60.3 Å². The molecule has 1 aromatic heterocycles. The summed E-state index contributed by atoms with van der Waals surface area (Å²) in [5.74, 6) is 0.422. The number of benzene rings is 3. The molecule has 5 nitrogen and oxygen atoms in total. The number of fused-ring (bicyclic) bond motifs is 1. The molecule has 158 valence electrons. The number of carbonyl (C=O) groups is 1. The number of halogens is 1. The first-order chi connectivity index (χ1) is 14.9. The van der Waals surface area contributed by atoms with Crippen molar-refractivity contribution in [3.8, 4) is 5.75 Å². The lowest BCUT2D eigenvalue weighted by atomic mass is 10.2.